The zero-order valence-corrected chi connectivity index (χ0v) is 17.7. The lowest BCUT2D eigenvalue weighted by atomic mass is 9.95. The first-order valence-corrected chi connectivity index (χ1v) is 9.59. The van der Waals surface area contributed by atoms with Crippen LogP contribution in [0.3, 0.4) is 0 Å². The lowest BCUT2D eigenvalue weighted by molar-refractivity contribution is -0.141. The number of pyridine rings is 1. The number of likely N-dealkylation sites (N-methyl/N-ethyl adjacent to an activating group) is 1. The van der Waals surface area contributed by atoms with Crippen molar-refractivity contribution >= 4 is 22.5 Å². The molecule has 0 bridgehead atoms. The first-order valence-electron chi connectivity index (χ1n) is 9.59. The number of benzene rings is 1. The maximum absolute atomic E-state index is 12.9. The molecule has 0 aliphatic heterocycles. The molecule has 0 fully saturated rings. The van der Waals surface area contributed by atoms with Gasteiger partial charge in [0.2, 0.25) is 0 Å². The summed E-state index contributed by atoms with van der Waals surface area (Å²) >= 11 is 0. The van der Waals surface area contributed by atoms with Crippen LogP contribution in [0.4, 0.5) is 18.9 Å². The largest absolute Gasteiger partial charge is 0.433 e. The number of nitrogens with one attached hydrogen (secondary N) is 1. The number of aromatic nitrogens is 3. The Bertz CT molecular complexity index is 1100. The number of nitrogens with zero attached hydrogens (tertiary/aromatic N) is 4. The summed E-state index contributed by atoms with van der Waals surface area (Å²) in [4.78, 5) is 18.1. The van der Waals surface area contributed by atoms with Gasteiger partial charge in [-0.25, -0.2) is 4.98 Å². The van der Waals surface area contributed by atoms with Crippen LogP contribution in [0, 0.1) is 0 Å². The van der Waals surface area contributed by atoms with Crippen molar-refractivity contribution in [3.05, 3.63) is 53.5 Å². The minimum atomic E-state index is -4.66. The third-order valence-electron chi connectivity index (χ3n) is 4.65. The molecule has 0 saturated heterocycles. The fourth-order valence-corrected chi connectivity index (χ4v) is 3.05. The Morgan fingerprint density at radius 2 is 1.94 bits per heavy atom. The molecule has 0 aliphatic rings. The normalized spacial score (nSPS) is 12.5. The third kappa shape index (κ3) is 5.39. The van der Waals surface area contributed by atoms with Crippen molar-refractivity contribution in [2.24, 2.45) is 0 Å². The Morgan fingerprint density at radius 3 is 2.55 bits per heavy atom. The molecule has 3 rings (SSSR count). The predicted octanol–water partition coefficient (Wildman–Crippen LogP) is 3.49. The van der Waals surface area contributed by atoms with Crippen LogP contribution in [0.1, 0.15) is 35.6 Å². The number of aliphatic hydroxyl groups is 1. The van der Waals surface area contributed by atoms with E-state index < -0.39 is 23.4 Å². The first kappa shape index (κ1) is 22.7. The van der Waals surface area contributed by atoms with Gasteiger partial charge in [0.15, 0.2) is 0 Å². The van der Waals surface area contributed by atoms with E-state index in [-0.39, 0.29) is 11.4 Å². The minimum absolute atomic E-state index is 0.274. The SMILES string of the molecule is CN(C)CCn1cc2cc(NC(=O)c3cccc(C(F)(F)F)n3)c(C(C)(C)O)cc2n1. The summed E-state index contributed by atoms with van der Waals surface area (Å²) in [6.07, 6.45) is -2.85. The van der Waals surface area contributed by atoms with Crippen molar-refractivity contribution in [1.29, 1.82) is 0 Å². The average molecular weight is 435 g/mol. The van der Waals surface area contributed by atoms with Gasteiger partial charge in [-0.1, -0.05) is 6.07 Å². The van der Waals surface area contributed by atoms with E-state index in [1.807, 2.05) is 25.2 Å². The van der Waals surface area contributed by atoms with Crippen molar-refractivity contribution < 1.29 is 23.1 Å². The molecule has 2 heterocycles. The van der Waals surface area contributed by atoms with E-state index in [0.717, 1.165) is 24.1 Å². The summed E-state index contributed by atoms with van der Waals surface area (Å²) in [7, 11) is 3.90. The minimum Gasteiger partial charge on any atom is -0.386 e. The van der Waals surface area contributed by atoms with Crippen LogP contribution in [-0.4, -0.2) is 51.3 Å². The van der Waals surface area contributed by atoms with Gasteiger partial charge in [0.1, 0.15) is 11.4 Å². The molecular formula is C21H24F3N5O2. The molecule has 7 nitrogen and oxygen atoms in total. The number of fused-ring (bicyclic) bond motifs is 1. The molecule has 0 radical (unpaired) electrons. The summed E-state index contributed by atoms with van der Waals surface area (Å²) in [5, 5.41) is 18.4. The number of carbonyl (C=O) groups is 1. The van der Waals surface area contributed by atoms with Gasteiger partial charge in [0.05, 0.1) is 17.7 Å². The number of hydrogen-bond donors (Lipinski definition) is 2. The lowest BCUT2D eigenvalue weighted by Gasteiger charge is -2.22. The Hall–Kier alpha value is -2.98. The molecule has 3 aromatic rings. The number of amides is 1. The molecule has 31 heavy (non-hydrogen) atoms. The van der Waals surface area contributed by atoms with Gasteiger partial charge < -0.3 is 15.3 Å². The number of rotatable bonds is 6. The highest BCUT2D eigenvalue weighted by Crippen LogP contribution is 2.32. The molecule has 2 N–H and O–H groups in total. The van der Waals surface area contributed by atoms with Crippen LogP contribution < -0.4 is 5.32 Å². The van der Waals surface area contributed by atoms with Crippen molar-refractivity contribution in [2.45, 2.75) is 32.2 Å². The number of alkyl halides is 3. The van der Waals surface area contributed by atoms with Crippen molar-refractivity contribution in [1.82, 2.24) is 19.7 Å². The van der Waals surface area contributed by atoms with Gasteiger partial charge >= 0.3 is 6.18 Å². The van der Waals surface area contributed by atoms with E-state index in [9.17, 15) is 23.1 Å². The summed E-state index contributed by atoms with van der Waals surface area (Å²) in [5.74, 6) is -0.809. The predicted molar refractivity (Wildman–Crippen MR) is 111 cm³/mol. The smallest absolute Gasteiger partial charge is 0.386 e. The second-order valence-electron chi connectivity index (χ2n) is 8.07. The standard InChI is InChI=1S/C21H24F3N5O2/c1-20(2,31)14-11-16-13(12-29(27-16)9-8-28(3)4)10-17(14)26-19(30)15-6-5-7-18(25-15)21(22,23)24/h5-7,10-12,31H,8-9H2,1-4H3,(H,26,30). The first-order chi connectivity index (χ1) is 14.3. The van der Waals surface area contributed by atoms with Crippen LogP contribution in [0.15, 0.2) is 36.5 Å². The van der Waals surface area contributed by atoms with E-state index in [1.54, 1.807) is 30.7 Å². The highest BCUT2D eigenvalue weighted by molar-refractivity contribution is 6.04. The highest BCUT2D eigenvalue weighted by Gasteiger charge is 2.33. The molecule has 2 aromatic heterocycles. The van der Waals surface area contributed by atoms with E-state index in [1.165, 1.54) is 6.07 Å². The van der Waals surface area contributed by atoms with Gasteiger partial charge in [0.25, 0.3) is 5.91 Å². The zero-order valence-electron chi connectivity index (χ0n) is 17.7. The van der Waals surface area contributed by atoms with E-state index in [2.05, 4.69) is 15.4 Å². The average Bonchev–Trinajstić information content (AvgIpc) is 3.06. The van der Waals surface area contributed by atoms with Crippen LogP contribution in [-0.2, 0) is 18.3 Å². The van der Waals surface area contributed by atoms with E-state index in [0.29, 0.717) is 17.6 Å². The molecule has 1 aromatic carbocycles. The number of anilines is 1. The maximum Gasteiger partial charge on any atom is 0.433 e. The lowest BCUT2D eigenvalue weighted by Crippen LogP contribution is -2.22. The highest BCUT2D eigenvalue weighted by atomic mass is 19.4. The van der Waals surface area contributed by atoms with Crippen molar-refractivity contribution in [3.63, 3.8) is 0 Å². The summed E-state index contributed by atoms with van der Waals surface area (Å²) < 4.78 is 40.5. The molecule has 0 aliphatic carbocycles. The maximum atomic E-state index is 12.9. The number of halogens is 3. The molecule has 0 spiro atoms. The molecule has 0 atom stereocenters. The van der Waals surface area contributed by atoms with Crippen LogP contribution in [0.25, 0.3) is 10.9 Å². The Balaban J connectivity index is 1.97. The quantitative estimate of drug-likeness (QED) is 0.619. The summed E-state index contributed by atoms with van der Waals surface area (Å²) in [5.41, 5.74) is -1.56. The Morgan fingerprint density at radius 1 is 1.23 bits per heavy atom. The molecule has 0 unspecified atom stereocenters. The molecule has 1 amide bonds. The third-order valence-corrected chi connectivity index (χ3v) is 4.65. The zero-order chi connectivity index (χ0) is 23.0. The van der Waals surface area contributed by atoms with E-state index in [4.69, 9.17) is 0 Å². The number of hydrogen-bond acceptors (Lipinski definition) is 5. The van der Waals surface area contributed by atoms with Gasteiger partial charge in [0, 0.05) is 29.4 Å². The topological polar surface area (TPSA) is 83.3 Å². The summed E-state index contributed by atoms with van der Waals surface area (Å²) in [6, 6.07) is 6.43. The van der Waals surface area contributed by atoms with Gasteiger partial charge in [-0.3, -0.25) is 9.48 Å². The van der Waals surface area contributed by atoms with Crippen LogP contribution in [0.2, 0.25) is 0 Å². The second kappa shape index (κ2) is 8.27. The van der Waals surface area contributed by atoms with Gasteiger partial charge in [-0.15, -0.1) is 0 Å². The molecular weight excluding hydrogens is 411 g/mol. The number of carbonyl (C=O) groups excluding carboxylic acids is 1. The fourth-order valence-electron chi connectivity index (χ4n) is 3.05. The fraction of sp³-hybridized carbons (Fsp3) is 0.381. The van der Waals surface area contributed by atoms with Gasteiger partial charge in [-0.2, -0.15) is 18.3 Å². The molecule has 0 saturated carbocycles. The molecule has 166 valence electrons. The second-order valence-corrected chi connectivity index (χ2v) is 8.07. The van der Waals surface area contributed by atoms with Crippen molar-refractivity contribution in [3.8, 4) is 0 Å². The van der Waals surface area contributed by atoms with Crippen LogP contribution >= 0.6 is 0 Å². The monoisotopic (exact) mass is 435 g/mol. The van der Waals surface area contributed by atoms with E-state index >= 15 is 0 Å². The van der Waals surface area contributed by atoms with Gasteiger partial charge in [-0.05, 0) is 52.2 Å². The van der Waals surface area contributed by atoms with Crippen LogP contribution in [0.5, 0.6) is 0 Å². The summed E-state index contributed by atoms with van der Waals surface area (Å²) in [6.45, 7) is 4.53. The van der Waals surface area contributed by atoms with Crippen molar-refractivity contribution in [2.75, 3.05) is 26.0 Å². The Kier molecular flexibility index (Phi) is 6.06. The Labute approximate surface area is 177 Å². The molecule has 10 heteroatoms.